The first-order valence-electron chi connectivity index (χ1n) is 7.65. The summed E-state index contributed by atoms with van der Waals surface area (Å²) in [5, 5.41) is 2.87. The Kier molecular flexibility index (Phi) is 5.77. The van der Waals surface area contributed by atoms with Gasteiger partial charge in [-0.1, -0.05) is 18.2 Å². The lowest BCUT2D eigenvalue weighted by Gasteiger charge is -2.33. The van der Waals surface area contributed by atoms with Crippen LogP contribution in [0.25, 0.3) is 0 Å². The van der Waals surface area contributed by atoms with E-state index in [0.29, 0.717) is 26.2 Å². The lowest BCUT2D eigenvalue weighted by atomic mass is 10.2. The lowest BCUT2D eigenvalue weighted by Crippen LogP contribution is -2.52. The van der Waals surface area contributed by atoms with Crippen LogP contribution in [0.5, 0.6) is 0 Å². The van der Waals surface area contributed by atoms with Crippen LogP contribution in [-0.2, 0) is 9.53 Å². The Labute approximate surface area is 131 Å². The monoisotopic (exact) mass is 305 g/mol. The molecule has 1 aliphatic rings. The van der Waals surface area contributed by atoms with Crippen LogP contribution < -0.4 is 10.2 Å². The number of urea groups is 1. The molecule has 6 nitrogen and oxygen atoms in total. The molecule has 1 unspecified atom stereocenters. The van der Waals surface area contributed by atoms with Gasteiger partial charge in [-0.3, -0.25) is 4.79 Å². The van der Waals surface area contributed by atoms with Gasteiger partial charge in [-0.25, -0.2) is 4.79 Å². The van der Waals surface area contributed by atoms with Crippen molar-refractivity contribution < 1.29 is 14.3 Å². The summed E-state index contributed by atoms with van der Waals surface area (Å²) in [6.07, 6.45) is -0.197. The number of amides is 3. The second-order valence-electron chi connectivity index (χ2n) is 5.13. The first kappa shape index (κ1) is 16.3. The van der Waals surface area contributed by atoms with Crippen LogP contribution in [0.4, 0.5) is 10.5 Å². The highest BCUT2D eigenvalue weighted by atomic mass is 16.5. The zero-order valence-electron chi connectivity index (χ0n) is 13.1. The van der Waals surface area contributed by atoms with E-state index in [0.717, 1.165) is 5.69 Å². The number of morpholine rings is 1. The minimum Gasteiger partial charge on any atom is -0.365 e. The SMILES string of the molecule is CCN(CC)C(=O)NCC1CN(c2ccccc2)C(=O)CO1. The van der Waals surface area contributed by atoms with Crippen LogP contribution in [0.1, 0.15) is 13.8 Å². The average molecular weight is 305 g/mol. The largest absolute Gasteiger partial charge is 0.365 e. The lowest BCUT2D eigenvalue weighted by molar-refractivity contribution is -0.129. The quantitative estimate of drug-likeness (QED) is 0.896. The molecule has 22 heavy (non-hydrogen) atoms. The van der Waals surface area contributed by atoms with Gasteiger partial charge in [0.05, 0.1) is 12.6 Å². The third-order valence-electron chi connectivity index (χ3n) is 3.73. The van der Waals surface area contributed by atoms with E-state index in [-0.39, 0.29) is 24.6 Å². The topological polar surface area (TPSA) is 61.9 Å². The molecule has 1 aromatic carbocycles. The number of para-hydroxylation sites is 1. The Morgan fingerprint density at radius 3 is 2.64 bits per heavy atom. The summed E-state index contributed by atoms with van der Waals surface area (Å²) in [5.41, 5.74) is 0.857. The number of carbonyl (C=O) groups excluding carboxylic acids is 2. The molecule has 1 N–H and O–H groups in total. The van der Waals surface area contributed by atoms with Gasteiger partial charge in [0.2, 0.25) is 0 Å². The molecule has 1 atom stereocenters. The van der Waals surface area contributed by atoms with Crippen LogP contribution in [0, 0.1) is 0 Å². The van der Waals surface area contributed by atoms with Crippen LogP contribution in [0.3, 0.4) is 0 Å². The number of hydrogen-bond donors (Lipinski definition) is 1. The maximum absolute atomic E-state index is 12.0. The van der Waals surface area contributed by atoms with Gasteiger partial charge < -0.3 is 19.9 Å². The Hall–Kier alpha value is -2.08. The zero-order chi connectivity index (χ0) is 15.9. The highest BCUT2D eigenvalue weighted by Gasteiger charge is 2.27. The van der Waals surface area contributed by atoms with E-state index in [9.17, 15) is 9.59 Å². The summed E-state index contributed by atoms with van der Waals surface area (Å²) >= 11 is 0. The molecule has 1 fully saturated rings. The average Bonchev–Trinajstić information content (AvgIpc) is 2.56. The van der Waals surface area contributed by atoms with Crippen LogP contribution in [0.15, 0.2) is 30.3 Å². The minimum absolute atomic E-state index is 0.0424. The van der Waals surface area contributed by atoms with Gasteiger partial charge in [0.25, 0.3) is 5.91 Å². The number of nitrogens with one attached hydrogen (secondary N) is 1. The number of anilines is 1. The Bertz CT molecular complexity index is 503. The predicted molar refractivity (Wildman–Crippen MR) is 84.9 cm³/mol. The second kappa shape index (κ2) is 7.79. The summed E-state index contributed by atoms with van der Waals surface area (Å²) in [5.74, 6) is -0.0579. The van der Waals surface area contributed by atoms with E-state index >= 15 is 0 Å². The van der Waals surface area contributed by atoms with Crippen molar-refractivity contribution in [1.29, 1.82) is 0 Å². The first-order valence-corrected chi connectivity index (χ1v) is 7.65. The molecular formula is C16H23N3O3. The van der Waals surface area contributed by atoms with E-state index in [1.54, 1.807) is 9.80 Å². The molecule has 0 saturated carbocycles. The summed E-state index contributed by atoms with van der Waals surface area (Å²) in [7, 11) is 0. The van der Waals surface area contributed by atoms with Crippen molar-refractivity contribution >= 4 is 17.6 Å². The molecule has 0 aromatic heterocycles. The van der Waals surface area contributed by atoms with Gasteiger partial charge in [0.1, 0.15) is 6.61 Å². The maximum atomic E-state index is 12.0. The number of ether oxygens (including phenoxy) is 1. The van der Waals surface area contributed by atoms with Crippen LogP contribution in [-0.4, -0.2) is 55.7 Å². The summed E-state index contributed by atoms with van der Waals surface area (Å²) < 4.78 is 5.51. The van der Waals surface area contributed by atoms with Gasteiger partial charge in [0.15, 0.2) is 0 Å². The van der Waals surface area contributed by atoms with Gasteiger partial charge in [-0.05, 0) is 26.0 Å². The van der Waals surface area contributed by atoms with Gasteiger partial charge in [0, 0.05) is 25.3 Å². The van der Waals surface area contributed by atoms with Crippen molar-refractivity contribution in [3.63, 3.8) is 0 Å². The fraction of sp³-hybridized carbons (Fsp3) is 0.500. The molecule has 0 radical (unpaired) electrons. The van der Waals surface area contributed by atoms with Crippen molar-refractivity contribution in [2.75, 3.05) is 37.7 Å². The highest BCUT2D eigenvalue weighted by molar-refractivity contribution is 5.94. The van der Waals surface area contributed by atoms with Crippen LogP contribution in [0.2, 0.25) is 0 Å². The fourth-order valence-corrected chi connectivity index (χ4v) is 2.43. The van der Waals surface area contributed by atoms with Crippen molar-refractivity contribution in [2.24, 2.45) is 0 Å². The normalized spacial score (nSPS) is 18.2. The van der Waals surface area contributed by atoms with E-state index in [2.05, 4.69) is 5.32 Å². The molecule has 2 rings (SSSR count). The Morgan fingerprint density at radius 2 is 2.00 bits per heavy atom. The molecule has 0 spiro atoms. The van der Waals surface area contributed by atoms with E-state index < -0.39 is 0 Å². The van der Waals surface area contributed by atoms with E-state index in [1.807, 2.05) is 44.2 Å². The number of rotatable bonds is 5. The summed E-state index contributed by atoms with van der Waals surface area (Å²) in [6.45, 7) is 6.10. The zero-order valence-corrected chi connectivity index (χ0v) is 13.1. The number of nitrogens with zero attached hydrogens (tertiary/aromatic N) is 2. The standard InChI is InChI=1S/C16H23N3O3/c1-3-18(4-2)16(21)17-10-14-11-19(15(20)12-22-14)13-8-6-5-7-9-13/h5-9,14H,3-4,10-12H2,1-2H3,(H,17,21). The molecule has 1 aliphatic heterocycles. The fourth-order valence-electron chi connectivity index (χ4n) is 2.43. The van der Waals surface area contributed by atoms with Gasteiger partial charge in [-0.15, -0.1) is 0 Å². The molecule has 0 bridgehead atoms. The third-order valence-corrected chi connectivity index (χ3v) is 3.73. The molecule has 120 valence electrons. The van der Waals surface area contributed by atoms with Crippen molar-refractivity contribution in [3.05, 3.63) is 30.3 Å². The molecule has 0 aliphatic carbocycles. The maximum Gasteiger partial charge on any atom is 0.317 e. The van der Waals surface area contributed by atoms with Crippen LogP contribution >= 0.6 is 0 Å². The smallest absolute Gasteiger partial charge is 0.317 e. The van der Waals surface area contributed by atoms with Crippen molar-refractivity contribution in [1.82, 2.24) is 10.2 Å². The minimum atomic E-state index is -0.197. The Morgan fingerprint density at radius 1 is 1.32 bits per heavy atom. The van der Waals surface area contributed by atoms with E-state index in [1.165, 1.54) is 0 Å². The highest BCUT2D eigenvalue weighted by Crippen LogP contribution is 2.17. The van der Waals surface area contributed by atoms with Crippen molar-refractivity contribution in [3.8, 4) is 0 Å². The number of hydrogen-bond acceptors (Lipinski definition) is 3. The van der Waals surface area contributed by atoms with E-state index in [4.69, 9.17) is 4.74 Å². The Balaban J connectivity index is 1.91. The molecule has 1 aromatic rings. The predicted octanol–water partition coefficient (Wildman–Crippen LogP) is 1.47. The molecule has 3 amide bonds. The molecule has 1 heterocycles. The summed E-state index contributed by atoms with van der Waals surface area (Å²) in [4.78, 5) is 27.3. The van der Waals surface area contributed by atoms with Gasteiger partial charge >= 0.3 is 6.03 Å². The molecular weight excluding hydrogens is 282 g/mol. The van der Waals surface area contributed by atoms with Gasteiger partial charge in [-0.2, -0.15) is 0 Å². The number of carbonyl (C=O) groups is 2. The third kappa shape index (κ3) is 3.98. The first-order chi connectivity index (χ1) is 10.7. The molecule has 1 saturated heterocycles. The molecule has 6 heteroatoms. The van der Waals surface area contributed by atoms with Crippen molar-refractivity contribution in [2.45, 2.75) is 20.0 Å². The second-order valence-corrected chi connectivity index (χ2v) is 5.13. The number of benzene rings is 1. The summed E-state index contributed by atoms with van der Waals surface area (Å²) in [6, 6.07) is 9.40.